The van der Waals surface area contributed by atoms with Crippen LogP contribution in [0, 0.1) is 24.2 Å². The van der Waals surface area contributed by atoms with Crippen molar-refractivity contribution >= 4 is 11.9 Å². The zero-order valence-corrected chi connectivity index (χ0v) is 11.3. The summed E-state index contributed by atoms with van der Waals surface area (Å²) in [6.45, 7) is 0.223. The molecule has 2 atom stereocenters. The van der Waals surface area contributed by atoms with Crippen LogP contribution >= 0.6 is 0 Å². The highest BCUT2D eigenvalue weighted by Gasteiger charge is 2.41. The van der Waals surface area contributed by atoms with E-state index in [4.69, 9.17) is 11.2 Å². The molecule has 5 nitrogen and oxygen atoms in total. The summed E-state index contributed by atoms with van der Waals surface area (Å²) in [5, 5.41) is 2.52. The van der Waals surface area contributed by atoms with E-state index in [1.807, 2.05) is 0 Å². The maximum absolute atomic E-state index is 13.9. The summed E-state index contributed by atoms with van der Waals surface area (Å²) in [5.41, 5.74) is 0. The molecule has 1 N–H and O–H groups in total. The number of hydrogen-bond acceptors (Lipinski definition) is 4. The van der Waals surface area contributed by atoms with E-state index >= 15 is 0 Å². The molecule has 0 aromatic rings. The molecule has 1 fully saturated rings. The number of methoxy groups -OCH3 is 2. The van der Waals surface area contributed by atoms with Crippen LogP contribution in [0.2, 0.25) is 0 Å². The lowest BCUT2D eigenvalue weighted by Crippen LogP contribution is -2.28. The zero-order valence-electron chi connectivity index (χ0n) is 11.3. The second-order valence-electron chi connectivity index (χ2n) is 4.22. The van der Waals surface area contributed by atoms with E-state index in [1.165, 1.54) is 20.3 Å². The summed E-state index contributed by atoms with van der Waals surface area (Å²) in [6.07, 6.45) is 7.40. The number of amides is 1. The Labute approximate surface area is 116 Å². The fraction of sp³-hybridized carbons (Fsp3) is 0.429. The van der Waals surface area contributed by atoms with Gasteiger partial charge in [-0.15, -0.1) is 6.42 Å². The van der Waals surface area contributed by atoms with E-state index in [0.717, 1.165) is 6.08 Å². The van der Waals surface area contributed by atoms with Crippen molar-refractivity contribution in [2.75, 3.05) is 20.8 Å². The molecule has 1 rings (SSSR count). The van der Waals surface area contributed by atoms with Crippen LogP contribution in [0.15, 0.2) is 23.7 Å². The summed E-state index contributed by atoms with van der Waals surface area (Å²) >= 11 is 0. The molecule has 0 aromatic carbocycles. The first-order chi connectivity index (χ1) is 9.53. The maximum Gasteiger partial charge on any atom is 0.318 e. The average molecular weight is 281 g/mol. The van der Waals surface area contributed by atoms with Crippen molar-refractivity contribution in [2.24, 2.45) is 11.8 Å². The minimum Gasteiger partial charge on any atom is -0.496 e. The molecule has 20 heavy (non-hydrogen) atoms. The number of hydrogen-bond donors (Lipinski definition) is 1. The Hall–Kier alpha value is -2.29. The Balaban J connectivity index is 2.79. The normalized spacial score (nSPS) is 23.0. The standard InChI is InChI=1S/C14H16FNO4/c1-4-5-11(19-2)7-10(15)6-9-8-16-13(17)12(9)14(18)20-3/h1,5,7,9,12H,6,8H2,2-3H3,(H,16,17)/b10-7+,11-5+/t9-,12+/m0/s1. The van der Waals surface area contributed by atoms with Crippen LogP contribution in [-0.2, 0) is 19.1 Å². The van der Waals surface area contributed by atoms with Crippen LogP contribution in [0.3, 0.4) is 0 Å². The van der Waals surface area contributed by atoms with Gasteiger partial charge in [0, 0.05) is 31.0 Å². The van der Waals surface area contributed by atoms with Gasteiger partial charge in [0.15, 0.2) is 0 Å². The summed E-state index contributed by atoms with van der Waals surface area (Å²) in [7, 11) is 2.56. The average Bonchev–Trinajstić information content (AvgIpc) is 2.78. The molecule has 1 aliphatic heterocycles. The fourth-order valence-corrected chi connectivity index (χ4v) is 2.00. The second-order valence-corrected chi connectivity index (χ2v) is 4.22. The third-order valence-electron chi connectivity index (χ3n) is 2.96. The highest BCUT2D eigenvalue weighted by molar-refractivity contribution is 5.99. The Morgan fingerprint density at radius 2 is 2.25 bits per heavy atom. The second kappa shape index (κ2) is 7.34. The molecule has 1 aliphatic rings. The lowest BCUT2D eigenvalue weighted by Gasteiger charge is -2.13. The molecule has 0 bridgehead atoms. The Morgan fingerprint density at radius 3 is 2.80 bits per heavy atom. The van der Waals surface area contributed by atoms with Gasteiger partial charge in [-0.1, -0.05) is 5.92 Å². The lowest BCUT2D eigenvalue weighted by molar-refractivity contribution is -0.150. The van der Waals surface area contributed by atoms with E-state index in [2.05, 4.69) is 16.0 Å². The van der Waals surface area contributed by atoms with Crippen molar-refractivity contribution in [3.8, 4) is 12.3 Å². The summed E-state index contributed by atoms with van der Waals surface area (Å²) in [4.78, 5) is 23.0. The van der Waals surface area contributed by atoms with Gasteiger partial charge in [-0.05, 0) is 0 Å². The van der Waals surface area contributed by atoms with Crippen LogP contribution in [0.25, 0.3) is 0 Å². The quantitative estimate of drug-likeness (QED) is 0.268. The summed E-state index contributed by atoms with van der Waals surface area (Å²) in [6, 6.07) is 0. The molecule has 0 aromatic heterocycles. The highest BCUT2D eigenvalue weighted by atomic mass is 19.1. The first kappa shape index (κ1) is 15.8. The van der Waals surface area contributed by atoms with Crippen molar-refractivity contribution < 1.29 is 23.5 Å². The van der Waals surface area contributed by atoms with Gasteiger partial charge in [0.05, 0.1) is 14.2 Å². The van der Waals surface area contributed by atoms with Gasteiger partial charge in [0.1, 0.15) is 17.5 Å². The Kier molecular flexibility index (Phi) is 5.78. The molecular weight excluding hydrogens is 265 g/mol. The van der Waals surface area contributed by atoms with Crippen LogP contribution in [0.4, 0.5) is 4.39 Å². The van der Waals surface area contributed by atoms with E-state index in [1.54, 1.807) is 0 Å². The molecule has 1 heterocycles. The fourth-order valence-electron chi connectivity index (χ4n) is 2.00. The molecular formula is C14H16FNO4. The number of esters is 1. The van der Waals surface area contributed by atoms with E-state index in [-0.39, 0.29) is 18.7 Å². The molecule has 1 saturated heterocycles. The van der Waals surface area contributed by atoms with Crippen molar-refractivity contribution in [1.29, 1.82) is 0 Å². The number of carbonyl (C=O) groups excluding carboxylic acids is 2. The molecule has 1 amide bonds. The minimum atomic E-state index is -0.984. The highest BCUT2D eigenvalue weighted by Crippen LogP contribution is 2.27. The molecule has 0 spiro atoms. The molecule has 108 valence electrons. The van der Waals surface area contributed by atoms with Gasteiger partial charge in [0.2, 0.25) is 5.91 Å². The third kappa shape index (κ3) is 3.85. The van der Waals surface area contributed by atoms with Crippen molar-refractivity contribution in [3.63, 3.8) is 0 Å². The smallest absolute Gasteiger partial charge is 0.318 e. The number of ether oxygens (including phenoxy) is 2. The Bertz CT molecular complexity index is 490. The monoisotopic (exact) mass is 281 g/mol. The van der Waals surface area contributed by atoms with Gasteiger partial charge in [-0.2, -0.15) is 0 Å². The van der Waals surface area contributed by atoms with Crippen molar-refractivity contribution in [1.82, 2.24) is 5.32 Å². The molecule has 0 aliphatic carbocycles. The first-order valence-electron chi connectivity index (χ1n) is 5.95. The van der Waals surface area contributed by atoms with Crippen LogP contribution in [0.5, 0.6) is 0 Å². The van der Waals surface area contributed by atoms with Gasteiger partial charge in [-0.3, -0.25) is 9.59 Å². The number of allylic oxidation sites excluding steroid dienone is 3. The van der Waals surface area contributed by atoms with E-state index in [0.29, 0.717) is 0 Å². The number of terminal acetylenes is 1. The number of halogens is 1. The van der Waals surface area contributed by atoms with Gasteiger partial charge < -0.3 is 14.8 Å². The number of nitrogens with one attached hydrogen (secondary N) is 1. The predicted molar refractivity (Wildman–Crippen MR) is 69.7 cm³/mol. The SMILES string of the molecule is C#C/C=C(\C=C(\F)C[C@H]1CNC(=O)[C@@H]1C(=O)OC)OC. The van der Waals surface area contributed by atoms with E-state index < -0.39 is 29.5 Å². The molecule has 0 radical (unpaired) electrons. The Morgan fingerprint density at radius 1 is 1.55 bits per heavy atom. The van der Waals surface area contributed by atoms with Crippen LogP contribution in [0.1, 0.15) is 6.42 Å². The zero-order chi connectivity index (χ0) is 15.1. The lowest BCUT2D eigenvalue weighted by atomic mass is 9.92. The molecule has 6 heteroatoms. The minimum absolute atomic E-state index is 0.0796. The summed E-state index contributed by atoms with van der Waals surface area (Å²) < 4.78 is 23.3. The topological polar surface area (TPSA) is 64.6 Å². The number of rotatable bonds is 5. The maximum atomic E-state index is 13.9. The molecule has 0 saturated carbocycles. The van der Waals surface area contributed by atoms with Gasteiger partial charge in [-0.25, -0.2) is 4.39 Å². The van der Waals surface area contributed by atoms with Crippen molar-refractivity contribution in [2.45, 2.75) is 6.42 Å². The third-order valence-corrected chi connectivity index (χ3v) is 2.96. The van der Waals surface area contributed by atoms with Crippen LogP contribution < -0.4 is 5.32 Å². The predicted octanol–water partition coefficient (Wildman–Crippen LogP) is 0.929. The first-order valence-corrected chi connectivity index (χ1v) is 5.95. The van der Waals surface area contributed by atoms with Crippen LogP contribution in [-0.4, -0.2) is 32.6 Å². The molecule has 0 unspecified atom stereocenters. The van der Waals surface area contributed by atoms with Gasteiger partial charge >= 0.3 is 5.97 Å². The van der Waals surface area contributed by atoms with Crippen molar-refractivity contribution in [3.05, 3.63) is 23.7 Å². The van der Waals surface area contributed by atoms with E-state index in [9.17, 15) is 14.0 Å². The largest absolute Gasteiger partial charge is 0.496 e. The summed E-state index contributed by atoms with van der Waals surface area (Å²) in [5.74, 6) is -0.693. The number of carbonyl (C=O) groups is 2. The van der Waals surface area contributed by atoms with Gasteiger partial charge in [0.25, 0.3) is 0 Å².